The van der Waals surface area contributed by atoms with Crippen LogP contribution >= 0.6 is 0 Å². The first-order valence-corrected chi connectivity index (χ1v) is 11.3. The van der Waals surface area contributed by atoms with Crippen LogP contribution in [0.5, 0.6) is 0 Å². The van der Waals surface area contributed by atoms with Gasteiger partial charge in [0, 0.05) is 44.2 Å². The van der Waals surface area contributed by atoms with E-state index in [1.54, 1.807) is 4.90 Å². The molecule has 4 aliphatic rings. The average molecular weight is 411 g/mol. The number of nitrogens with zero attached hydrogens (tertiary/aromatic N) is 2. The highest BCUT2D eigenvalue weighted by Crippen LogP contribution is 2.33. The molecule has 3 aliphatic heterocycles. The van der Waals surface area contributed by atoms with Crippen molar-refractivity contribution in [2.24, 2.45) is 5.92 Å². The van der Waals surface area contributed by atoms with Gasteiger partial charge in [0.25, 0.3) is 5.91 Å². The minimum atomic E-state index is -0.550. The molecule has 2 N–H and O–H groups in total. The van der Waals surface area contributed by atoms with Crippen LogP contribution in [0.3, 0.4) is 0 Å². The van der Waals surface area contributed by atoms with Crippen molar-refractivity contribution in [1.29, 1.82) is 0 Å². The molecule has 0 spiro atoms. The molecule has 7 heteroatoms. The summed E-state index contributed by atoms with van der Waals surface area (Å²) in [6, 6.07) is 6.17. The van der Waals surface area contributed by atoms with Crippen LogP contribution in [0.1, 0.15) is 60.0 Å². The molecule has 1 aromatic carbocycles. The van der Waals surface area contributed by atoms with Gasteiger partial charge in [-0.1, -0.05) is 12.1 Å². The molecule has 30 heavy (non-hydrogen) atoms. The van der Waals surface area contributed by atoms with Gasteiger partial charge in [0.2, 0.25) is 11.8 Å². The monoisotopic (exact) mass is 410 g/mol. The third-order valence-corrected chi connectivity index (χ3v) is 6.95. The zero-order chi connectivity index (χ0) is 20.7. The average Bonchev–Trinajstić information content (AvgIpc) is 3.51. The van der Waals surface area contributed by atoms with E-state index in [4.69, 9.17) is 0 Å². The standard InChI is InChI=1S/C23H30N4O3/c28-21-8-7-20(22(29)25-21)27-14-17-10-16(5-6-19(17)23(27)30)13-26(12-15-3-4-15)18-2-1-9-24-11-18/h5-6,10,15,18,20,24H,1-4,7-9,11-14H2,(H,25,28,29). The van der Waals surface area contributed by atoms with Crippen molar-refractivity contribution in [1.82, 2.24) is 20.4 Å². The lowest BCUT2D eigenvalue weighted by molar-refractivity contribution is -0.136. The zero-order valence-electron chi connectivity index (χ0n) is 17.4. The van der Waals surface area contributed by atoms with Crippen LogP contribution in [-0.2, 0) is 22.7 Å². The first-order valence-electron chi connectivity index (χ1n) is 11.3. The summed E-state index contributed by atoms with van der Waals surface area (Å²) in [6.07, 6.45) is 5.85. The highest BCUT2D eigenvalue weighted by molar-refractivity contribution is 6.05. The first-order chi connectivity index (χ1) is 14.6. The second kappa shape index (κ2) is 8.12. The quantitative estimate of drug-likeness (QED) is 0.693. The normalized spacial score (nSPS) is 26.8. The summed E-state index contributed by atoms with van der Waals surface area (Å²) < 4.78 is 0. The zero-order valence-corrected chi connectivity index (χ0v) is 17.4. The Morgan fingerprint density at radius 3 is 2.70 bits per heavy atom. The third-order valence-electron chi connectivity index (χ3n) is 6.95. The lowest BCUT2D eigenvalue weighted by atomic mass is 10.0. The van der Waals surface area contributed by atoms with Crippen LogP contribution < -0.4 is 10.6 Å². The van der Waals surface area contributed by atoms with Crippen molar-refractivity contribution in [3.05, 3.63) is 34.9 Å². The summed E-state index contributed by atoms with van der Waals surface area (Å²) in [5.74, 6) is 0.131. The molecule has 1 aromatic rings. The van der Waals surface area contributed by atoms with Crippen LogP contribution in [0.4, 0.5) is 0 Å². The molecule has 0 aromatic heterocycles. The molecule has 0 radical (unpaired) electrons. The number of imide groups is 1. The fourth-order valence-corrected chi connectivity index (χ4v) is 5.08. The minimum absolute atomic E-state index is 0.0997. The van der Waals surface area contributed by atoms with Gasteiger partial charge in [0.05, 0.1) is 0 Å². The van der Waals surface area contributed by atoms with Crippen molar-refractivity contribution in [3.8, 4) is 0 Å². The highest BCUT2D eigenvalue weighted by Gasteiger charge is 2.39. The molecular formula is C23H30N4O3. The number of benzene rings is 1. The fraction of sp³-hybridized carbons (Fsp3) is 0.609. The van der Waals surface area contributed by atoms with Crippen LogP contribution in [0.2, 0.25) is 0 Å². The number of hydrogen-bond acceptors (Lipinski definition) is 5. The molecule has 160 valence electrons. The molecule has 3 amide bonds. The predicted molar refractivity (Wildman–Crippen MR) is 112 cm³/mol. The molecule has 0 bridgehead atoms. The van der Waals surface area contributed by atoms with E-state index in [9.17, 15) is 14.4 Å². The number of carbonyl (C=O) groups is 3. The number of rotatable bonds is 6. The van der Waals surface area contributed by atoms with E-state index >= 15 is 0 Å². The van der Waals surface area contributed by atoms with E-state index in [0.29, 0.717) is 24.6 Å². The largest absolute Gasteiger partial charge is 0.322 e. The van der Waals surface area contributed by atoms with Crippen LogP contribution in [0.15, 0.2) is 18.2 Å². The first kappa shape index (κ1) is 19.7. The number of piperidine rings is 2. The Bertz CT molecular complexity index is 860. The van der Waals surface area contributed by atoms with Gasteiger partial charge in [-0.2, -0.15) is 0 Å². The van der Waals surface area contributed by atoms with Gasteiger partial charge in [0.15, 0.2) is 0 Å². The number of nitrogens with one attached hydrogen (secondary N) is 2. The maximum Gasteiger partial charge on any atom is 0.255 e. The summed E-state index contributed by atoms with van der Waals surface area (Å²) in [6.45, 7) is 4.68. The molecule has 5 rings (SSSR count). The van der Waals surface area contributed by atoms with E-state index in [1.165, 1.54) is 31.2 Å². The van der Waals surface area contributed by atoms with Gasteiger partial charge in [-0.15, -0.1) is 0 Å². The van der Waals surface area contributed by atoms with Crippen LogP contribution in [-0.4, -0.2) is 59.2 Å². The van der Waals surface area contributed by atoms with E-state index in [0.717, 1.165) is 37.7 Å². The maximum absolute atomic E-state index is 12.9. The summed E-state index contributed by atoms with van der Waals surface area (Å²) in [5.41, 5.74) is 2.92. The van der Waals surface area contributed by atoms with Crippen molar-refractivity contribution in [2.75, 3.05) is 19.6 Å². The Balaban J connectivity index is 1.30. The van der Waals surface area contributed by atoms with Crippen molar-refractivity contribution in [3.63, 3.8) is 0 Å². The van der Waals surface area contributed by atoms with E-state index in [2.05, 4.69) is 27.7 Å². The van der Waals surface area contributed by atoms with E-state index < -0.39 is 6.04 Å². The summed E-state index contributed by atoms with van der Waals surface area (Å²) >= 11 is 0. The lowest BCUT2D eigenvalue weighted by Gasteiger charge is -2.35. The predicted octanol–water partition coefficient (Wildman–Crippen LogP) is 1.41. The van der Waals surface area contributed by atoms with Crippen molar-refractivity contribution < 1.29 is 14.4 Å². The smallest absolute Gasteiger partial charge is 0.255 e. The Hall–Kier alpha value is -2.25. The van der Waals surface area contributed by atoms with Gasteiger partial charge in [-0.3, -0.25) is 24.6 Å². The summed E-state index contributed by atoms with van der Waals surface area (Å²) in [7, 11) is 0. The topological polar surface area (TPSA) is 81.8 Å². The number of carbonyl (C=O) groups excluding carboxylic acids is 3. The molecule has 2 atom stereocenters. The van der Waals surface area contributed by atoms with Crippen molar-refractivity contribution in [2.45, 2.75) is 63.7 Å². The van der Waals surface area contributed by atoms with E-state index in [1.807, 2.05) is 6.07 Å². The van der Waals surface area contributed by atoms with Gasteiger partial charge >= 0.3 is 0 Å². The van der Waals surface area contributed by atoms with Gasteiger partial charge < -0.3 is 10.2 Å². The number of amides is 3. The molecule has 1 aliphatic carbocycles. The Kier molecular flexibility index (Phi) is 5.33. The van der Waals surface area contributed by atoms with Gasteiger partial charge in [-0.25, -0.2) is 0 Å². The maximum atomic E-state index is 12.9. The molecule has 2 saturated heterocycles. The Morgan fingerprint density at radius 2 is 1.97 bits per heavy atom. The Morgan fingerprint density at radius 1 is 1.10 bits per heavy atom. The molecular weight excluding hydrogens is 380 g/mol. The fourth-order valence-electron chi connectivity index (χ4n) is 5.08. The van der Waals surface area contributed by atoms with Gasteiger partial charge in [-0.05, 0) is 61.8 Å². The number of hydrogen-bond donors (Lipinski definition) is 2. The van der Waals surface area contributed by atoms with Crippen LogP contribution in [0, 0.1) is 5.92 Å². The van der Waals surface area contributed by atoms with Crippen molar-refractivity contribution >= 4 is 17.7 Å². The second-order valence-corrected chi connectivity index (χ2v) is 9.26. The highest BCUT2D eigenvalue weighted by atomic mass is 16.2. The molecule has 3 heterocycles. The summed E-state index contributed by atoms with van der Waals surface area (Å²) in [5, 5.41) is 5.90. The van der Waals surface area contributed by atoms with Gasteiger partial charge in [0.1, 0.15) is 6.04 Å². The molecule has 2 unspecified atom stereocenters. The lowest BCUT2D eigenvalue weighted by Crippen LogP contribution is -2.52. The molecule has 3 fully saturated rings. The van der Waals surface area contributed by atoms with E-state index in [-0.39, 0.29) is 24.1 Å². The number of fused-ring (bicyclic) bond motifs is 1. The van der Waals surface area contributed by atoms with Crippen LogP contribution in [0.25, 0.3) is 0 Å². The second-order valence-electron chi connectivity index (χ2n) is 9.26. The Labute approximate surface area is 177 Å². The SMILES string of the molecule is O=C1CCC(N2Cc3cc(CN(CC4CC4)C4CCCNC4)ccc3C2=O)C(=O)N1. The summed E-state index contributed by atoms with van der Waals surface area (Å²) in [4.78, 5) is 40.8. The molecule has 7 nitrogen and oxygen atoms in total. The third kappa shape index (κ3) is 4.01. The minimum Gasteiger partial charge on any atom is -0.322 e. The molecule has 1 saturated carbocycles.